The quantitative estimate of drug-likeness (QED) is 0.786. The van der Waals surface area contributed by atoms with Crippen LogP contribution in [0.25, 0.3) is 11.1 Å². The lowest BCUT2D eigenvalue weighted by Crippen LogP contribution is -2.13. The summed E-state index contributed by atoms with van der Waals surface area (Å²) in [4.78, 5) is 2.10. The van der Waals surface area contributed by atoms with Gasteiger partial charge in [-0.15, -0.1) is 0 Å². The molecule has 2 aromatic rings. The molecule has 0 heterocycles. The Morgan fingerprint density at radius 2 is 1.67 bits per heavy atom. The SMILES string of the molecule is CCCNCc1ccc(-c2ccc(N(C)C)cc2)cc1Cl. The van der Waals surface area contributed by atoms with Crippen LogP contribution in [0.15, 0.2) is 42.5 Å². The van der Waals surface area contributed by atoms with Gasteiger partial charge in [0.2, 0.25) is 0 Å². The zero-order chi connectivity index (χ0) is 15.2. The maximum atomic E-state index is 6.39. The molecule has 0 saturated heterocycles. The van der Waals surface area contributed by atoms with E-state index in [0.29, 0.717) is 0 Å². The molecule has 2 aromatic carbocycles. The standard InChI is InChI=1S/C18H23ClN2/c1-4-11-20-13-16-6-5-15(12-18(16)19)14-7-9-17(10-8-14)21(2)3/h5-10,12,20H,4,11,13H2,1-3H3. The zero-order valence-electron chi connectivity index (χ0n) is 13.0. The third-order valence-corrected chi connectivity index (χ3v) is 3.86. The Kier molecular flexibility index (Phi) is 5.66. The van der Waals surface area contributed by atoms with Gasteiger partial charge < -0.3 is 10.2 Å². The second-order valence-electron chi connectivity index (χ2n) is 5.42. The number of rotatable bonds is 6. The fraction of sp³-hybridized carbons (Fsp3) is 0.333. The Morgan fingerprint density at radius 3 is 2.24 bits per heavy atom. The van der Waals surface area contributed by atoms with Crippen molar-refractivity contribution in [2.45, 2.75) is 19.9 Å². The largest absolute Gasteiger partial charge is 0.378 e. The van der Waals surface area contributed by atoms with Crippen molar-refractivity contribution in [1.82, 2.24) is 5.32 Å². The van der Waals surface area contributed by atoms with Gasteiger partial charge in [0.05, 0.1) is 0 Å². The maximum Gasteiger partial charge on any atom is 0.0457 e. The first kappa shape index (κ1) is 15.9. The first-order valence-electron chi connectivity index (χ1n) is 7.38. The summed E-state index contributed by atoms with van der Waals surface area (Å²) in [5.41, 5.74) is 4.70. The van der Waals surface area contributed by atoms with E-state index in [1.165, 1.54) is 11.3 Å². The lowest BCUT2D eigenvalue weighted by atomic mass is 10.0. The molecule has 0 aliphatic heterocycles. The van der Waals surface area contributed by atoms with Crippen LogP contribution in [0.1, 0.15) is 18.9 Å². The Hall–Kier alpha value is -1.51. The molecule has 0 fully saturated rings. The van der Waals surface area contributed by atoms with Crippen LogP contribution in [-0.2, 0) is 6.54 Å². The summed E-state index contributed by atoms with van der Waals surface area (Å²) in [6.07, 6.45) is 1.13. The van der Waals surface area contributed by atoms with Gasteiger partial charge in [-0.25, -0.2) is 0 Å². The molecule has 0 aliphatic rings. The van der Waals surface area contributed by atoms with Crippen molar-refractivity contribution >= 4 is 17.3 Å². The van der Waals surface area contributed by atoms with Gasteiger partial charge in [0.15, 0.2) is 0 Å². The van der Waals surface area contributed by atoms with Crippen LogP contribution >= 0.6 is 11.6 Å². The Bertz CT molecular complexity index is 576. The topological polar surface area (TPSA) is 15.3 Å². The van der Waals surface area contributed by atoms with E-state index < -0.39 is 0 Å². The molecule has 0 saturated carbocycles. The minimum Gasteiger partial charge on any atom is -0.378 e. The molecule has 0 aromatic heterocycles. The van der Waals surface area contributed by atoms with Crippen LogP contribution in [0, 0.1) is 0 Å². The van der Waals surface area contributed by atoms with Crippen molar-refractivity contribution in [3.05, 3.63) is 53.1 Å². The number of nitrogens with one attached hydrogen (secondary N) is 1. The molecule has 0 amide bonds. The summed E-state index contributed by atoms with van der Waals surface area (Å²) in [6.45, 7) is 4.01. The van der Waals surface area contributed by atoms with Gasteiger partial charge in [0.1, 0.15) is 0 Å². The van der Waals surface area contributed by atoms with Crippen LogP contribution in [0.5, 0.6) is 0 Å². The Labute approximate surface area is 132 Å². The molecule has 0 bridgehead atoms. The highest BCUT2D eigenvalue weighted by molar-refractivity contribution is 6.31. The van der Waals surface area contributed by atoms with E-state index in [1.807, 2.05) is 14.1 Å². The number of hydrogen-bond donors (Lipinski definition) is 1. The average Bonchev–Trinajstić information content (AvgIpc) is 2.49. The van der Waals surface area contributed by atoms with Gasteiger partial charge in [0, 0.05) is 31.4 Å². The summed E-state index contributed by atoms with van der Waals surface area (Å²) in [7, 11) is 4.09. The minimum atomic E-state index is 0.826. The molecule has 0 spiro atoms. The maximum absolute atomic E-state index is 6.39. The normalized spacial score (nSPS) is 10.7. The van der Waals surface area contributed by atoms with Crippen LogP contribution in [0.2, 0.25) is 5.02 Å². The van der Waals surface area contributed by atoms with E-state index in [4.69, 9.17) is 11.6 Å². The lowest BCUT2D eigenvalue weighted by Gasteiger charge is -2.13. The first-order valence-corrected chi connectivity index (χ1v) is 7.76. The molecule has 0 radical (unpaired) electrons. The molecule has 1 N–H and O–H groups in total. The first-order chi connectivity index (χ1) is 10.1. The number of benzene rings is 2. The lowest BCUT2D eigenvalue weighted by molar-refractivity contribution is 0.675. The number of anilines is 1. The van der Waals surface area contributed by atoms with Gasteiger partial charge in [-0.3, -0.25) is 0 Å². The van der Waals surface area contributed by atoms with Crippen LogP contribution in [-0.4, -0.2) is 20.6 Å². The second kappa shape index (κ2) is 7.48. The molecule has 0 unspecified atom stereocenters. The van der Waals surface area contributed by atoms with Crippen molar-refractivity contribution in [3.63, 3.8) is 0 Å². The fourth-order valence-electron chi connectivity index (χ4n) is 2.22. The van der Waals surface area contributed by atoms with Crippen LogP contribution in [0.3, 0.4) is 0 Å². The van der Waals surface area contributed by atoms with Gasteiger partial charge in [0.25, 0.3) is 0 Å². The average molecular weight is 303 g/mol. The van der Waals surface area contributed by atoms with Crippen LogP contribution < -0.4 is 10.2 Å². The Morgan fingerprint density at radius 1 is 1.00 bits per heavy atom. The number of hydrogen-bond acceptors (Lipinski definition) is 2. The predicted molar refractivity (Wildman–Crippen MR) is 93.2 cm³/mol. The monoisotopic (exact) mass is 302 g/mol. The van der Waals surface area contributed by atoms with Crippen LogP contribution in [0.4, 0.5) is 5.69 Å². The molecule has 2 nitrogen and oxygen atoms in total. The molecule has 112 valence electrons. The summed E-state index contributed by atoms with van der Waals surface area (Å²) >= 11 is 6.39. The molecule has 2 rings (SSSR count). The molecule has 3 heteroatoms. The molecular weight excluding hydrogens is 280 g/mol. The second-order valence-corrected chi connectivity index (χ2v) is 5.83. The molecule has 21 heavy (non-hydrogen) atoms. The number of halogens is 1. The zero-order valence-corrected chi connectivity index (χ0v) is 13.7. The summed E-state index contributed by atoms with van der Waals surface area (Å²) in [6, 6.07) is 14.8. The third-order valence-electron chi connectivity index (χ3n) is 3.51. The van der Waals surface area contributed by atoms with E-state index >= 15 is 0 Å². The van der Waals surface area contributed by atoms with Crippen molar-refractivity contribution in [3.8, 4) is 11.1 Å². The molecule has 0 aliphatic carbocycles. The highest BCUT2D eigenvalue weighted by Gasteiger charge is 2.04. The fourth-order valence-corrected chi connectivity index (χ4v) is 2.47. The number of nitrogens with zero attached hydrogens (tertiary/aromatic N) is 1. The summed E-state index contributed by atoms with van der Waals surface area (Å²) < 4.78 is 0. The van der Waals surface area contributed by atoms with Crippen molar-refractivity contribution in [2.75, 3.05) is 25.5 Å². The highest BCUT2D eigenvalue weighted by atomic mass is 35.5. The van der Waals surface area contributed by atoms with E-state index in [2.05, 4.69) is 59.6 Å². The van der Waals surface area contributed by atoms with Gasteiger partial charge in [-0.05, 0) is 47.9 Å². The third kappa shape index (κ3) is 4.23. The Balaban J connectivity index is 2.15. The van der Waals surface area contributed by atoms with E-state index in [0.717, 1.165) is 35.7 Å². The minimum absolute atomic E-state index is 0.826. The van der Waals surface area contributed by atoms with E-state index in [9.17, 15) is 0 Å². The smallest absolute Gasteiger partial charge is 0.0457 e. The molecule has 0 atom stereocenters. The predicted octanol–water partition coefficient (Wildman–Crippen LogP) is 4.57. The van der Waals surface area contributed by atoms with E-state index in [-0.39, 0.29) is 0 Å². The summed E-state index contributed by atoms with van der Waals surface area (Å²) in [5.74, 6) is 0. The van der Waals surface area contributed by atoms with Gasteiger partial charge >= 0.3 is 0 Å². The van der Waals surface area contributed by atoms with E-state index in [1.54, 1.807) is 0 Å². The van der Waals surface area contributed by atoms with Gasteiger partial charge in [-0.2, -0.15) is 0 Å². The summed E-state index contributed by atoms with van der Waals surface area (Å²) in [5, 5.41) is 4.21. The van der Waals surface area contributed by atoms with Gasteiger partial charge in [-0.1, -0.05) is 42.8 Å². The van der Waals surface area contributed by atoms with Crippen molar-refractivity contribution in [2.24, 2.45) is 0 Å². The van der Waals surface area contributed by atoms with Crippen molar-refractivity contribution in [1.29, 1.82) is 0 Å². The van der Waals surface area contributed by atoms with Crippen molar-refractivity contribution < 1.29 is 0 Å². The molecular formula is C18H23ClN2. The highest BCUT2D eigenvalue weighted by Crippen LogP contribution is 2.27.